The van der Waals surface area contributed by atoms with E-state index in [4.69, 9.17) is 11.6 Å². The minimum atomic E-state index is -0.0383. The van der Waals surface area contributed by atoms with E-state index in [0.29, 0.717) is 5.02 Å². The maximum absolute atomic E-state index is 12.3. The van der Waals surface area contributed by atoms with Crippen LogP contribution in [0.25, 0.3) is 5.57 Å². The Morgan fingerprint density at radius 3 is 2.64 bits per heavy atom. The second kappa shape index (κ2) is 6.93. The van der Waals surface area contributed by atoms with Gasteiger partial charge in [-0.25, -0.2) is 0 Å². The standard InChI is InChI=1S/C21H21ClN2O/c22-17-6-7-18-19(21(25)23-20(18)13-17)14-24-10-8-16(9-11-24)12-15-4-2-1-3-5-15/h1-7,13-14,16H,8-12H2,(H,23,25)/b19-14+. The molecule has 4 rings (SSSR count). The van der Waals surface area contributed by atoms with Gasteiger partial charge in [0, 0.05) is 29.9 Å². The Morgan fingerprint density at radius 1 is 1.12 bits per heavy atom. The number of carbonyl (C=O) groups excluding carboxylic acids is 1. The lowest BCUT2D eigenvalue weighted by molar-refractivity contribution is -0.110. The number of hydrogen-bond donors (Lipinski definition) is 1. The van der Waals surface area contributed by atoms with Gasteiger partial charge in [-0.3, -0.25) is 4.79 Å². The molecule has 0 bridgehead atoms. The molecule has 2 heterocycles. The third-order valence-corrected chi connectivity index (χ3v) is 5.33. The highest BCUT2D eigenvalue weighted by molar-refractivity contribution is 6.34. The van der Waals surface area contributed by atoms with E-state index >= 15 is 0 Å². The van der Waals surface area contributed by atoms with E-state index < -0.39 is 0 Å². The number of piperidine rings is 1. The molecule has 0 unspecified atom stereocenters. The van der Waals surface area contributed by atoms with Crippen molar-refractivity contribution in [3.05, 3.63) is 70.9 Å². The molecule has 0 atom stereocenters. The molecule has 1 fully saturated rings. The summed E-state index contributed by atoms with van der Waals surface area (Å²) in [5.74, 6) is 0.684. The predicted octanol–water partition coefficient (Wildman–Crippen LogP) is 4.59. The summed E-state index contributed by atoms with van der Waals surface area (Å²) in [7, 11) is 0. The third-order valence-electron chi connectivity index (χ3n) is 5.09. The number of nitrogens with zero attached hydrogens (tertiary/aromatic N) is 1. The molecule has 128 valence electrons. The first-order chi connectivity index (χ1) is 12.2. The van der Waals surface area contributed by atoms with Crippen LogP contribution in [0.3, 0.4) is 0 Å². The molecule has 3 nitrogen and oxygen atoms in total. The minimum Gasteiger partial charge on any atom is -0.377 e. The van der Waals surface area contributed by atoms with Crippen LogP contribution in [-0.2, 0) is 11.2 Å². The quantitative estimate of drug-likeness (QED) is 0.819. The Bertz CT molecular complexity index is 808. The van der Waals surface area contributed by atoms with E-state index in [2.05, 4.69) is 40.5 Å². The molecule has 1 amide bonds. The van der Waals surface area contributed by atoms with E-state index in [1.165, 1.54) is 5.56 Å². The molecule has 1 saturated heterocycles. The molecule has 4 heteroatoms. The van der Waals surface area contributed by atoms with Crippen LogP contribution < -0.4 is 5.32 Å². The summed E-state index contributed by atoms with van der Waals surface area (Å²) in [6, 6.07) is 16.3. The van der Waals surface area contributed by atoms with E-state index in [-0.39, 0.29) is 5.91 Å². The highest BCUT2D eigenvalue weighted by Gasteiger charge is 2.26. The fourth-order valence-corrected chi connectivity index (χ4v) is 3.88. The molecule has 25 heavy (non-hydrogen) atoms. The van der Waals surface area contributed by atoms with Gasteiger partial charge in [-0.05, 0) is 42.9 Å². The zero-order valence-electron chi connectivity index (χ0n) is 14.0. The van der Waals surface area contributed by atoms with Gasteiger partial charge in [-0.2, -0.15) is 0 Å². The van der Waals surface area contributed by atoms with Crippen molar-refractivity contribution in [2.75, 3.05) is 18.4 Å². The normalized spacial score (nSPS) is 19.2. The number of nitrogens with one attached hydrogen (secondary N) is 1. The van der Waals surface area contributed by atoms with Gasteiger partial charge in [0.25, 0.3) is 5.91 Å². The van der Waals surface area contributed by atoms with E-state index in [9.17, 15) is 4.79 Å². The van der Waals surface area contributed by atoms with Crippen LogP contribution in [0.15, 0.2) is 54.7 Å². The molecule has 2 aliphatic rings. The second-order valence-electron chi connectivity index (χ2n) is 6.86. The van der Waals surface area contributed by atoms with Gasteiger partial charge in [-0.1, -0.05) is 48.0 Å². The van der Waals surface area contributed by atoms with Crippen molar-refractivity contribution in [1.29, 1.82) is 0 Å². The highest BCUT2D eigenvalue weighted by atomic mass is 35.5. The number of rotatable bonds is 3. The summed E-state index contributed by atoms with van der Waals surface area (Å²) in [6.07, 6.45) is 5.49. The molecule has 0 spiro atoms. The summed E-state index contributed by atoms with van der Waals surface area (Å²) >= 11 is 6.01. The minimum absolute atomic E-state index is 0.0383. The number of hydrogen-bond acceptors (Lipinski definition) is 2. The molecule has 0 saturated carbocycles. The molecule has 2 aromatic carbocycles. The fourth-order valence-electron chi connectivity index (χ4n) is 3.71. The molecule has 1 N–H and O–H groups in total. The molecule has 2 aliphatic heterocycles. The van der Waals surface area contributed by atoms with Crippen LogP contribution in [0.1, 0.15) is 24.0 Å². The van der Waals surface area contributed by atoms with Crippen LogP contribution in [0.4, 0.5) is 5.69 Å². The lowest BCUT2D eigenvalue weighted by atomic mass is 9.90. The van der Waals surface area contributed by atoms with Gasteiger partial charge in [0.05, 0.1) is 11.3 Å². The van der Waals surface area contributed by atoms with Gasteiger partial charge in [0.2, 0.25) is 0 Å². The molecule has 0 aliphatic carbocycles. The largest absolute Gasteiger partial charge is 0.377 e. The Morgan fingerprint density at radius 2 is 1.88 bits per heavy atom. The van der Waals surface area contributed by atoms with E-state index in [1.54, 1.807) is 0 Å². The topological polar surface area (TPSA) is 32.3 Å². The number of likely N-dealkylation sites (tertiary alicyclic amines) is 1. The van der Waals surface area contributed by atoms with Gasteiger partial charge in [-0.15, -0.1) is 0 Å². The van der Waals surface area contributed by atoms with Crippen molar-refractivity contribution in [3.8, 4) is 0 Å². The first-order valence-electron chi connectivity index (χ1n) is 8.80. The summed E-state index contributed by atoms with van der Waals surface area (Å²) in [4.78, 5) is 14.6. The number of anilines is 1. The fraction of sp³-hybridized carbons (Fsp3) is 0.286. The monoisotopic (exact) mass is 352 g/mol. The average molecular weight is 353 g/mol. The van der Waals surface area contributed by atoms with Crippen molar-refractivity contribution in [2.45, 2.75) is 19.3 Å². The number of fused-ring (bicyclic) bond motifs is 1. The van der Waals surface area contributed by atoms with Crippen LogP contribution in [-0.4, -0.2) is 23.9 Å². The highest BCUT2D eigenvalue weighted by Crippen LogP contribution is 2.34. The van der Waals surface area contributed by atoms with Crippen LogP contribution in [0.5, 0.6) is 0 Å². The molecule has 2 aromatic rings. The predicted molar refractivity (Wildman–Crippen MR) is 103 cm³/mol. The van der Waals surface area contributed by atoms with Crippen molar-refractivity contribution in [3.63, 3.8) is 0 Å². The number of benzene rings is 2. The van der Waals surface area contributed by atoms with Crippen molar-refractivity contribution in [1.82, 2.24) is 4.90 Å². The zero-order valence-corrected chi connectivity index (χ0v) is 14.8. The number of carbonyl (C=O) groups is 1. The van der Waals surface area contributed by atoms with Crippen molar-refractivity contribution in [2.24, 2.45) is 5.92 Å². The number of amides is 1. The zero-order chi connectivity index (χ0) is 17.2. The smallest absolute Gasteiger partial charge is 0.257 e. The van der Waals surface area contributed by atoms with Gasteiger partial charge < -0.3 is 10.2 Å². The average Bonchev–Trinajstić information content (AvgIpc) is 2.92. The first kappa shape index (κ1) is 16.2. The van der Waals surface area contributed by atoms with Gasteiger partial charge in [0.1, 0.15) is 0 Å². The molecular formula is C21H21ClN2O. The molecule has 0 aromatic heterocycles. The second-order valence-corrected chi connectivity index (χ2v) is 7.29. The van der Waals surface area contributed by atoms with Gasteiger partial charge >= 0.3 is 0 Å². The third kappa shape index (κ3) is 3.57. The lowest BCUT2D eigenvalue weighted by Crippen LogP contribution is -2.31. The van der Waals surface area contributed by atoms with E-state index in [1.807, 2.05) is 24.4 Å². The van der Waals surface area contributed by atoms with Crippen LogP contribution in [0.2, 0.25) is 5.02 Å². The van der Waals surface area contributed by atoms with Crippen molar-refractivity contribution >= 4 is 28.8 Å². The van der Waals surface area contributed by atoms with E-state index in [0.717, 1.165) is 55.1 Å². The van der Waals surface area contributed by atoms with Gasteiger partial charge in [0.15, 0.2) is 0 Å². The summed E-state index contributed by atoms with van der Waals surface area (Å²) < 4.78 is 0. The Hall–Kier alpha value is -2.26. The summed E-state index contributed by atoms with van der Waals surface area (Å²) in [5, 5.41) is 3.54. The SMILES string of the molecule is O=C1Nc2cc(Cl)ccc2/C1=C\N1CCC(Cc2ccccc2)CC1. The summed E-state index contributed by atoms with van der Waals surface area (Å²) in [6.45, 7) is 1.99. The molecular weight excluding hydrogens is 332 g/mol. The number of halogens is 1. The first-order valence-corrected chi connectivity index (χ1v) is 9.18. The lowest BCUT2D eigenvalue weighted by Gasteiger charge is -2.31. The van der Waals surface area contributed by atoms with Crippen LogP contribution in [0, 0.1) is 5.92 Å². The summed E-state index contributed by atoms with van der Waals surface area (Å²) in [5.41, 5.74) is 3.91. The molecule has 0 radical (unpaired) electrons. The maximum Gasteiger partial charge on any atom is 0.257 e. The van der Waals surface area contributed by atoms with Crippen molar-refractivity contribution < 1.29 is 4.79 Å². The van der Waals surface area contributed by atoms with Crippen LogP contribution >= 0.6 is 11.6 Å². The Balaban J connectivity index is 1.42. The Labute approximate surface area is 153 Å². The maximum atomic E-state index is 12.3. The Kier molecular flexibility index (Phi) is 4.50.